The molecule has 1 aromatic carbocycles. The van der Waals surface area contributed by atoms with Crippen LogP contribution in [0.1, 0.15) is 31.4 Å². The van der Waals surface area contributed by atoms with Crippen LogP contribution in [-0.4, -0.2) is 47.5 Å². The highest BCUT2D eigenvalue weighted by Crippen LogP contribution is 2.36. The second kappa shape index (κ2) is 9.01. The van der Waals surface area contributed by atoms with Crippen LogP contribution in [-0.2, 0) is 14.1 Å². The number of aryl methyl sites for hydroxylation is 1. The Hall–Kier alpha value is -1.99. The molecule has 1 aromatic rings. The molecule has 0 aromatic heterocycles. The van der Waals surface area contributed by atoms with Crippen molar-refractivity contribution in [3.8, 4) is 0 Å². The number of carbonyl (C=O) groups is 1. The van der Waals surface area contributed by atoms with Crippen LogP contribution in [0.25, 0.3) is 6.08 Å². The number of hydrogen-bond donors (Lipinski definition) is 4. The highest BCUT2D eigenvalue weighted by molar-refractivity contribution is 7.51. The summed E-state index contributed by atoms with van der Waals surface area (Å²) in [5, 5.41) is 2.81. The summed E-state index contributed by atoms with van der Waals surface area (Å²) in [5.41, 5.74) is 8.60. The summed E-state index contributed by atoms with van der Waals surface area (Å²) in [6.07, 6.45) is 1.87. The van der Waals surface area contributed by atoms with Crippen molar-refractivity contribution >= 4 is 31.1 Å². The number of amides is 1. The Morgan fingerprint density at radius 3 is 2.71 bits per heavy atom. The van der Waals surface area contributed by atoms with Gasteiger partial charge in [0.1, 0.15) is 5.84 Å². The lowest BCUT2D eigenvalue weighted by atomic mass is 9.82. The van der Waals surface area contributed by atoms with Crippen LogP contribution < -0.4 is 11.1 Å². The number of nitrogens with one attached hydrogen (secondary N) is 1. The van der Waals surface area contributed by atoms with Crippen molar-refractivity contribution in [3.63, 3.8) is 0 Å². The van der Waals surface area contributed by atoms with Gasteiger partial charge in [-0.3, -0.25) is 9.36 Å². The highest BCUT2D eigenvalue weighted by Gasteiger charge is 2.34. The monoisotopic (exact) mass is 409 g/mol. The maximum atomic E-state index is 12.8. The smallest absolute Gasteiger partial charge is 0.325 e. The summed E-state index contributed by atoms with van der Waals surface area (Å²) in [6.45, 7) is 6.43. The summed E-state index contributed by atoms with van der Waals surface area (Å²) < 4.78 is 16.1. The minimum absolute atomic E-state index is 0.210. The third kappa shape index (κ3) is 6.01. The van der Waals surface area contributed by atoms with E-state index < -0.39 is 13.0 Å². The molecular weight excluding hydrogens is 381 g/mol. The lowest BCUT2D eigenvalue weighted by Gasteiger charge is -2.25. The summed E-state index contributed by atoms with van der Waals surface area (Å²) in [5.74, 6) is 0.113. The number of amidine groups is 1. The van der Waals surface area contributed by atoms with Crippen LogP contribution in [0.4, 0.5) is 5.69 Å². The van der Waals surface area contributed by atoms with Crippen molar-refractivity contribution in [2.75, 3.05) is 25.9 Å². The first-order valence-electron chi connectivity index (χ1n) is 9.09. The Labute approximate surface area is 165 Å². The molecule has 2 rings (SSSR count). The normalized spacial score (nSPS) is 15.9. The van der Waals surface area contributed by atoms with Gasteiger partial charge in [-0.05, 0) is 44.9 Å². The van der Waals surface area contributed by atoms with Crippen molar-refractivity contribution in [2.24, 2.45) is 16.1 Å². The molecule has 154 valence electrons. The fourth-order valence-corrected chi connectivity index (χ4v) is 3.31. The Morgan fingerprint density at radius 1 is 1.32 bits per heavy atom. The van der Waals surface area contributed by atoms with Crippen LogP contribution in [0, 0.1) is 12.3 Å². The largest absolute Gasteiger partial charge is 0.386 e. The fraction of sp³-hybridized carbons (Fsp3) is 0.474. The predicted molar refractivity (Wildman–Crippen MR) is 110 cm³/mol. The fourth-order valence-electron chi connectivity index (χ4n) is 2.77. The number of benzene rings is 1. The van der Waals surface area contributed by atoms with E-state index in [0.29, 0.717) is 11.4 Å². The van der Waals surface area contributed by atoms with E-state index in [4.69, 9.17) is 20.3 Å². The molecule has 1 aliphatic rings. The second-order valence-electron chi connectivity index (χ2n) is 7.35. The van der Waals surface area contributed by atoms with Crippen molar-refractivity contribution < 1.29 is 23.9 Å². The van der Waals surface area contributed by atoms with Gasteiger partial charge in [0.05, 0.1) is 23.9 Å². The van der Waals surface area contributed by atoms with Crippen molar-refractivity contribution in [2.45, 2.75) is 27.2 Å². The summed E-state index contributed by atoms with van der Waals surface area (Å²) >= 11 is 0. The molecule has 0 saturated heterocycles. The van der Waals surface area contributed by atoms with Gasteiger partial charge in [-0.2, -0.15) is 0 Å². The van der Waals surface area contributed by atoms with Gasteiger partial charge in [0.25, 0.3) is 0 Å². The zero-order valence-corrected chi connectivity index (χ0v) is 17.3. The van der Waals surface area contributed by atoms with Gasteiger partial charge in [0.15, 0.2) is 0 Å². The number of nitrogens with zero attached hydrogens (tertiary/aromatic N) is 1. The molecule has 0 radical (unpaired) electrons. The Morgan fingerprint density at radius 2 is 2.04 bits per heavy atom. The van der Waals surface area contributed by atoms with E-state index in [1.54, 1.807) is 0 Å². The van der Waals surface area contributed by atoms with Crippen molar-refractivity contribution in [3.05, 3.63) is 34.9 Å². The van der Waals surface area contributed by atoms with Crippen LogP contribution in [0.5, 0.6) is 0 Å². The average molecular weight is 409 g/mol. The van der Waals surface area contributed by atoms with E-state index >= 15 is 0 Å². The van der Waals surface area contributed by atoms with Gasteiger partial charge in [-0.1, -0.05) is 12.1 Å². The van der Waals surface area contributed by atoms with E-state index in [1.165, 1.54) is 0 Å². The Bertz CT molecular complexity index is 842. The average Bonchev–Trinajstić information content (AvgIpc) is 2.67. The molecule has 1 heterocycles. The van der Waals surface area contributed by atoms with E-state index in [2.05, 4.69) is 10.3 Å². The second-order valence-corrected chi connectivity index (χ2v) is 9.13. The van der Waals surface area contributed by atoms with Crippen LogP contribution in [0.2, 0.25) is 0 Å². The molecule has 5 N–H and O–H groups in total. The molecule has 1 amide bonds. The molecule has 0 saturated carbocycles. The molecule has 28 heavy (non-hydrogen) atoms. The molecule has 0 fully saturated rings. The van der Waals surface area contributed by atoms with Gasteiger partial charge in [0.2, 0.25) is 5.91 Å². The van der Waals surface area contributed by atoms with Gasteiger partial charge in [-0.25, -0.2) is 4.99 Å². The molecule has 0 bridgehead atoms. The zero-order valence-electron chi connectivity index (χ0n) is 16.4. The van der Waals surface area contributed by atoms with Gasteiger partial charge in [-0.15, -0.1) is 0 Å². The first-order valence-corrected chi connectivity index (χ1v) is 10.9. The van der Waals surface area contributed by atoms with Gasteiger partial charge >= 0.3 is 7.60 Å². The standard InChI is InChI=1S/C19H28N3O5P/c1-13-5-6-14-12-15(19(2,3)18(20)22-16(14)11-13)17(23)21-7-9-27-8-4-10-28(24,25)26/h5-6,11-12H,4,7-10H2,1-3H3,(H2,20,22)(H,21,23)(H2,24,25,26). The quantitative estimate of drug-likeness (QED) is 0.384. The maximum absolute atomic E-state index is 12.8. The highest BCUT2D eigenvalue weighted by atomic mass is 31.2. The molecule has 0 unspecified atom stereocenters. The van der Waals surface area contributed by atoms with Crippen LogP contribution >= 0.6 is 7.60 Å². The minimum atomic E-state index is -3.99. The van der Waals surface area contributed by atoms with E-state index in [9.17, 15) is 9.36 Å². The van der Waals surface area contributed by atoms with Crippen molar-refractivity contribution in [1.82, 2.24) is 5.32 Å². The first-order chi connectivity index (χ1) is 13.0. The molecule has 1 aliphatic heterocycles. The third-order valence-electron chi connectivity index (χ3n) is 4.56. The van der Waals surface area contributed by atoms with E-state index in [1.807, 2.05) is 45.0 Å². The number of rotatable bonds is 8. The lowest BCUT2D eigenvalue weighted by molar-refractivity contribution is -0.118. The summed E-state index contributed by atoms with van der Waals surface area (Å²) in [7, 11) is -3.99. The number of carbonyl (C=O) groups excluding carboxylic acids is 1. The van der Waals surface area contributed by atoms with Gasteiger partial charge in [0, 0.05) is 24.3 Å². The van der Waals surface area contributed by atoms with Crippen LogP contribution in [0.3, 0.4) is 0 Å². The topological polar surface area (TPSA) is 134 Å². The molecule has 9 heteroatoms. The van der Waals surface area contributed by atoms with E-state index in [0.717, 1.165) is 16.8 Å². The number of ether oxygens (including phenoxy) is 1. The minimum Gasteiger partial charge on any atom is -0.386 e. The first kappa shape index (κ1) is 22.3. The van der Waals surface area contributed by atoms with Gasteiger partial charge < -0.3 is 25.6 Å². The number of fused-ring (bicyclic) bond motifs is 1. The van der Waals surface area contributed by atoms with Crippen LogP contribution in [0.15, 0.2) is 28.8 Å². The predicted octanol–water partition coefficient (Wildman–Crippen LogP) is 2.11. The maximum Gasteiger partial charge on any atom is 0.325 e. The number of nitrogens with two attached hydrogens (primary N) is 1. The third-order valence-corrected chi connectivity index (χ3v) is 5.45. The molecule has 0 aliphatic carbocycles. The molecule has 0 atom stereocenters. The van der Waals surface area contributed by atoms with E-state index in [-0.39, 0.29) is 38.2 Å². The molecule has 0 spiro atoms. The lowest BCUT2D eigenvalue weighted by Crippen LogP contribution is -2.40. The number of hydrogen-bond acceptors (Lipinski definition) is 5. The van der Waals surface area contributed by atoms with Crippen molar-refractivity contribution in [1.29, 1.82) is 0 Å². The summed E-state index contributed by atoms with van der Waals surface area (Å²) in [6, 6.07) is 5.81. The Kier molecular flexibility index (Phi) is 7.17. The summed E-state index contributed by atoms with van der Waals surface area (Å²) in [4.78, 5) is 34.8. The number of aliphatic imine (C=N–C) groups is 1. The zero-order chi connectivity index (χ0) is 20.9. The molecule has 8 nitrogen and oxygen atoms in total. The molecular formula is C19H28N3O5P. The Balaban J connectivity index is 1.98. The SMILES string of the molecule is Cc1ccc2c(c1)N=C(N)C(C)(C)C(C(=O)NCCOCCCP(=O)(O)O)=C2.